The third-order valence-corrected chi connectivity index (χ3v) is 8.29. The second-order valence-corrected chi connectivity index (χ2v) is 11.8. The molecule has 12 heteroatoms. The third-order valence-electron chi connectivity index (χ3n) is 8.29. The van der Waals surface area contributed by atoms with Crippen molar-refractivity contribution in [1.29, 1.82) is 0 Å². The lowest BCUT2D eigenvalue weighted by atomic mass is 9.98. The monoisotopic (exact) mass is 668 g/mol. The molecule has 49 heavy (non-hydrogen) atoms. The summed E-state index contributed by atoms with van der Waals surface area (Å²) >= 11 is 0. The van der Waals surface area contributed by atoms with E-state index in [4.69, 9.17) is 16.5 Å². The molecule has 0 aliphatic rings. The Bertz CT molecular complexity index is 2040. The van der Waals surface area contributed by atoms with Gasteiger partial charge in [-0.3, -0.25) is 0 Å². The maximum absolute atomic E-state index is 13.9. The minimum Gasteiger partial charge on any atom is -0.508 e. The summed E-state index contributed by atoms with van der Waals surface area (Å²) in [6.07, 6.45) is -0.554. The Balaban J connectivity index is 1.28. The van der Waals surface area contributed by atoms with E-state index in [0.29, 0.717) is 42.7 Å². The molecule has 0 saturated heterocycles. The van der Waals surface area contributed by atoms with Gasteiger partial charge in [0.25, 0.3) is 0 Å². The summed E-state index contributed by atoms with van der Waals surface area (Å²) < 4.78 is 45.2. The van der Waals surface area contributed by atoms with E-state index in [9.17, 15) is 23.4 Å². The van der Waals surface area contributed by atoms with E-state index in [1.807, 2.05) is 41.0 Å². The minimum atomic E-state index is -4.69. The molecule has 4 aromatic carbocycles. The molecule has 0 radical (unpaired) electrons. The van der Waals surface area contributed by atoms with E-state index in [0.717, 1.165) is 28.1 Å². The molecule has 6 rings (SSSR count). The van der Waals surface area contributed by atoms with Crippen LogP contribution in [0.3, 0.4) is 0 Å². The Morgan fingerprint density at radius 3 is 2.14 bits per heavy atom. The number of alkyl halides is 3. The van der Waals surface area contributed by atoms with Gasteiger partial charge in [0.05, 0.1) is 36.3 Å². The molecule has 0 fully saturated rings. The van der Waals surface area contributed by atoms with Gasteiger partial charge in [0.1, 0.15) is 17.5 Å². The summed E-state index contributed by atoms with van der Waals surface area (Å²) in [5.41, 5.74) is 12.0. The molecule has 252 valence electrons. The first kappa shape index (κ1) is 33.5. The highest BCUT2D eigenvalue weighted by Crippen LogP contribution is 2.37. The summed E-state index contributed by atoms with van der Waals surface area (Å²) in [5, 5.41) is 20.6. The van der Waals surface area contributed by atoms with Crippen LogP contribution in [0.2, 0.25) is 0 Å². The highest BCUT2D eigenvalue weighted by molar-refractivity contribution is 5.67. The number of nitrogens with zero attached hydrogens (tertiary/aromatic N) is 4. The van der Waals surface area contributed by atoms with Gasteiger partial charge >= 0.3 is 6.18 Å². The van der Waals surface area contributed by atoms with E-state index in [1.165, 1.54) is 17.0 Å². The zero-order valence-corrected chi connectivity index (χ0v) is 26.4. The number of hydrogen-bond donors (Lipinski definition) is 4. The molecule has 2 aromatic heterocycles. The van der Waals surface area contributed by atoms with Crippen molar-refractivity contribution in [1.82, 2.24) is 19.1 Å². The summed E-state index contributed by atoms with van der Waals surface area (Å²) in [6, 6.07) is 26.1. The average Bonchev–Trinajstić information content (AvgIpc) is 3.66. The van der Waals surface area contributed by atoms with Gasteiger partial charge in [-0.05, 0) is 58.1 Å². The molecule has 1 unspecified atom stereocenters. The van der Waals surface area contributed by atoms with Crippen LogP contribution in [0.1, 0.15) is 39.8 Å². The van der Waals surface area contributed by atoms with Crippen molar-refractivity contribution in [2.24, 2.45) is 11.6 Å². The van der Waals surface area contributed by atoms with Gasteiger partial charge in [0.15, 0.2) is 0 Å². The molecule has 6 N–H and O–H groups in total. The Kier molecular flexibility index (Phi) is 9.81. The molecule has 1 atom stereocenters. The number of hydrogen-bond acceptors (Lipinski definition) is 7. The number of imidazole rings is 2. The SMILES string of the molecule is NOCCc1c(Cc2cccc(-c3cc(O)cc(Cn4cnc(-c5ccccc5)c4C(N)C(F)(F)F)c3)c2)ncn1Cc1cccc(O)c1. The highest BCUT2D eigenvalue weighted by atomic mass is 19.4. The molecular weight excluding hydrogens is 633 g/mol. The fourth-order valence-electron chi connectivity index (χ4n) is 6.03. The van der Waals surface area contributed by atoms with Crippen LogP contribution in [0, 0.1) is 0 Å². The zero-order chi connectivity index (χ0) is 34.5. The smallest absolute Gasteiger partial charge is 0.409 e. The van der Waals surface area contributed by atoms with Crippen LogP contribution in [-0.4, -0.2) is 42.1 Å². The van der Waals surface area contributed by atoms with E-state index in [2.05, 4.69) is 9.97 Å². The molecule has 0 aliphatic carbocycles. The van der Waals surface area contributed by atoms with Crippen LogP contribution in [0.5, 0.6) is 11.5 Å². The van der Waals surface area contributed by atoms with E-state index >= 15 is 0 Å². The summed E-state index contributed by atoms with van der Waals surface area (Å²) in [4.78, 5) is 13.9. The predicted octanol–water partition coefficient (Wildman–Crippen LogP) is 6.51. The molecule has 2 heterocycles. The highest BCUT2D eigenvalue weighted by Gasteiger charge is 2.41. The van der Waals surface area contributed by atoms with Gasteiger partial charge in [0.2, 0.25) is 0 Å². The Morgan fingerprint density at radius 2 is 1.39 bits per heavy atom. The first-order valence-electron chi connectivity index (χ1n) is 15.6. The number of nitrogens with two attached hydrogens (primary N) is 2. The number of aromatic hydroxyl groups is 2. The molecular formula is C37H35F3N6O3. The lowest BCUT2D eigenvalue weighted by Gasteiger charge is -2.20. The number of phenols is 2. The number of rotatable bonds is 12. The quantitative estimate of drug-likeness (QED) is 0.109. The average molecular weight is 669 g/mol. The number of aromatic nitrogens is 4. The zero-order valence-electron chi connectivity index (χ0n) is 26.4. The number of benzene rings is 4. The van der Waals surface area contributed by atoms with Crippen LogP contribution in [0.25, 0.3) is 22.4 Å². The Labute approximate surface area is 280 Å². The Morgan fingerprint density at radius 1 is 0.714 bits per heavy atom. The van der Waals surface area contributed by atoms with Gasteiger partial charge in [0, 0.05) is 37.2 Å². The summed E-state index contributed by atoms with van der Waals surface area (Å²) in [7, 11) is 0. The fraction of sp³-hybridized carbons (Fsp3) is 0.189. The fourth-order valence-corrected chi connectivity index (χ4v) is 6.03. The van der Waals surface area contributed by atoms with Crippen LogP contribution in [0.15, 0.2) is 110 Å². The molecule has 6 aromatic rings. The second-order valence-electron chi connectivity index (χ2n) is 11.8. The number of halogens is 3. The molecule has 0 spiro atoms. The lowest BCUT2D eigenvalue weighted by molar-refractivity contribution is -0.150. The summed E-state index contributed by atoms with van der Waals surface area (Å²) in [5.74, 6) is 5.51. The van der Waals surface area contributed by atoms with Gasteiger partial charge < -0.3 is 29.9 Å². The van der Waals surface area contributed by atoms with Gasteiger partial charge in [-0.2, -0.15) is 13.2 Å². The molecule has 0 aliphatic heterocycles. The minimum absolute atomic E-state index is 0.00321. The van der Waals surface area contributed by atoms with Crippen molar-refractivity contribution in [2.75, 3.05) is 6.61 Å². The normalized spacial score (nSPS) is 12.3. The standard InChI is InChI=1S/C37H35F3N6O3/c38-37(39,40)36(41)35-34(27-8-2-1-3-9-27)44-23-46(35)21-26-15-29(19-31(48)17-26)28-10-4-6-24(14-28)18-32-33(12-13-49-42)45(22-43-32)20-25-7-5-11-30(47)16-25/h1-11,14-17,19,22-23,36,47-48H,12-13,18,20-21,41-42H2. The first-order valence-corrected chi connectivity index (χ1v) is 15.6. The van der Waals surface area contributed by atoms with Crippen LogP contribution in [-0.2, 0) is 30.8 Å². The van der Waals surface area contributed by atoms with E-state index in [1.54, 1.807) is 60.9 Å². The van der Waals surface area contributed by atoms with E-state index < -0.39 is 12.2 Å². The van der Waals surface area contributed by atoms with E-state index in [-0.39, 0.29) is 29.4 Å². The molecule has 0 amide bonds. The van der Waals surface area contributed by atoms with Crippen LogP contribution < -0.4 is 11.6 Å². The van der Waals surface area contributed by atoms with Crippen molar-refractivity contribution in [3.63, 3.8) is 0 Å². The molecule has 9 nitrogen and oxygen atoms in total. The first-order chi connectivity index (χ1) is 23.6. The van der Waals surface area contributed by atoms with Crippen LogP contribution >= 0.6 is 0 Å². The maximum Gasteiger partial charge on any atom is 0.409 e. The predicted molar refractivity (Wildman–Crippen MR) is 179 cm³/mol. The van der Waals surface area contributed by atoms with Crippen LogP contribution in [0.4, 0.5) is 13.2 Å². The number of phenolic OH excluding ortho intramolecular Hbond substituents is 2. The third kappa shape index (κ3) is 7.83. The topological polar surface area (TPSA) is 137 Å². The van der Waals surface area contributed by atoms with Gasteiger partial charge in [-0.25, -0.2) is 15.9 Å². The van der Waals surface area contributed by atoms with Crippen molar-refractivity contribution >= 4 is 0 Å². The Hall–Kier alpha value is -5.43. The summed E-state index contributed by atoms with van der Waals surface area (Å²) in [6.45, 7) is 0.806. The lowest BCUT2D eigenvalue weighted by Crippen LogP contribution is -2.31. The van der Waals surface area contributed by atoms with Gasteiger partial charge in [-0.15, -0.1) is 0 Å². The molecule has 0 bridgehead atoms. The van der Waals surface area contributed by atoms with Crippen molar-refractivity contribution in [2.45, 2.75) is 38.1 Å². The maximum atomic E-state index is 13.9. The van der Waals surface area contributed by atoms with Gasteiger partial charge in [-0.1, -0.05) is 66.7 Å². The largest absolute Gasteiger partial charge is 0.508 e. The second kappa shape index (κ2) is 14.4. The van der Waals surface area contributed by atoms with Crippen molar-refractivity contribution in [3.05, 3.63) is 143 Å². The van der Waals surface area contributed by atoms with Crippen molar-refractivity contribution < 1.29 is 28.2 Å². The van der Waals surface area contributed by atoms with Crippen molar-refractivity contribution in [3.8, 4) is 33.9 Å². The molecule has 0 saturated carbocycles.